The quantitative estimate of drug-likeness (QED) is 0.774. The van der Waals surface area contributed by atoms with Crippen molar-refractivity contribution in [1.29, 1.82) is 0 Å². The van der Waals surface area contributed by atoms with Crippen LogP contribution in [-0.4, -0.2) is 62.0 Å². The van der Waals surface area contributed by atoms with Gasteiger partial charge in [-0.3, -0.25) is 4.79 Å². The van der Waals surface area contributed by atoms with Crippen LogP contribution in [0.2, 0.25) is 0 Å². The van der Waals surface area contributed by atoms with Crippen molar-refractivity contribution in [3.05, 3.63) is 0 Å². The lowest BCUT2D eigenvalue weighted by Crippen LogP contribution is -2.46. The predicted octanol–water partition coefficient (Wildman–Crippen LogP) is 1.17. The van der Waals surface area contributed by atoms with Crippen LogP contribution >= 0.6 is 0 Å². The van der Waals surface area contributed by atoms with Gasteiger partial charge in [-0.05, 0) is 45.2 Å². The van der Waals surface area contributed by atoms with Crippen molar-refractivity contribution in [2.75, 3.05) is 40.3 Å². The molecule has 1 rings (SSSR count). The molecule has 1 N–H and O–H groups in total. The standard InChI is InChI=1S/C14H29N3O/c1-5-8-17-9-6-7-13(11-17)12(2)15-10-14(18)16(3)4/h12-13,15H,5-11H2,1-4H3. The number of rotatable bonds is 6. The summed E-state index contributed by atoms with van der Waals surface area (Å²) in [6.07, 6.45) is 3.80. The fourth-order valence-electron chi connectivity index (χ4n) is 2.59. The van der Waals surface area contributed by atoms with E-state index in [0.29, 0.717) is 18.5 Å². The number of piperidine rings is 1. The summed E-state index contributed by atoms with van der Waals surface area (Å²) in [7, 11) is 3.61. The lowest BCUT2D eigenvalue weighted by molar-refractivity contribution is -0.127. The van der Waals surface area contributed by atoms with E-state index >= 15 is 0 Å². The first-order valence-electron chi connectivity index (χ1n) is 7.20. The highest BCUT2D eigenvalue weighted by atomic mass is 16.2. The van der Waals surface area contributed by atoms with E-state index in [0.717, 1.165) is 0 Å². The second-order valence-corrected chi connectivity index (χ2v) is 5.66. The second kappa shape index (κ2) is 7.74. The van der Waals surface area contributed by atoms with Crippen molar-refractivity contribution in [3.8, 4) is 0 Å². The van der Waals surface area contributed by atoms with Gasteiger partial charge in [0.1, 0.15) is 0 Å². The molecule has 1 amide bonds. The molecule has 4 heteroatoms. The zero-order valence-electron chi connectivity index (χ0n) is 12.4. The SMILES string of the molecule is CCCN1CCCC(C(C)NCC(=O)N(C)C)C1. The number of nitrogens with zero attached hydrogens (tertiary/aromatic N) is 2. The van der Waals surface area contributed by atoms with E-state index in [-0.39, 0.29) is 5.91 Å². The van der Waals surface area contributed by atoms with Crippen LogP contribution in [0.25, 0.3) is 0 Å². The van der Waals surface area contributed by atoms with Gasteiger partial charge >= 0.3 is 0 Å². The number of carbonyl (C=O) groups excluding carboxylic acids is 1. The fraction of sp³-hybridized carbons (Fsp3) is 0.929. The van der Waals surface area contributed by atoms with Gasteiger partial charge in [0.2, 0.25) is 5.91 Å². The maximum Gasteiger partial charge on any atom is 0.236 e. The summed E-state index contributed by atoms with van der Waals surface area (Å²) in [5.74, 6) is 0.836. The lowest BCUT2D eigenvalue weighted by Gasteiger charge is -2.36. The molecule has 0 spiro atoms. The van der Waals surface area contributed by atoms with Crippen molar-refractivity contribution in [2.24, 2.45) is 5.92 Å². The molecule has 1 heterocycles. The van der Waals surface area contributed by atoms with E-state index in [1.165, 1.54) is 38.9 Å². The van der Waals surface area contributed by atoms with Crippen molar-refractivity contribution in [3.63, 3.8) is 0 Å². The van der Waals surface area contributed by atoms with Crippen LogP contribution in [0.3, 0.4) is 0 Å². The van der Waals surface area contributed by atoms with E-state index < -0.39 is 0 Å². The zero-order valence-corrected chi connectivity index (χ0v) is 12.4. The summed E-state index contributed by atoms with van der Waals surface area (Å²) in [6.45, 7) is 8.54. The van der Waals surface area contributed by atoms with Crippen LogP contribution in [-0.2, 0) is 4.79 Å². The minimum atomic E-state index is 0.156. The number of hydrogen-bond donors (Lipinski definition) is 1. The molecule has 4 nitrogen and oxygen atoms in total. The summed E-state index contributed by atoms with van der Waals surface area (Å²) in [6, 6.07) is 0.425. The first-order chi connectivity index (χ1) is 8.54. The van der Waals surface area contributed by atoms with E-state index in [1.54, 1.807) is 19.0 Å². The third kappa shape index (κ3) is 4.94. The van der Waals surface area contributed by atoms with Gasteiger partial charge in [0.25, 0.3) is 0 Å². The molecule has 0 bridgehead atoms. The number of carbonyl (C=O) groups is 1. The Morgan fingerprint density at radius 1 is 1.50 bits per heavy atom. The minimum Gasteiger partial charge on any atom is -0.348 e. The van der Waals surface area contributed by atoms with Crippen molar-refractivity contribution < 1.29 is 4.79 Å². The van der Waals surface area contributed by atoms with Crippen LogP contribution in [0.5, 0.6) is 0 Å². The topological polar surface area (TPSA) is 35.6 Å². The number of likely N-dealkylation sites (tertiary alicyclic amines) is 1. The number of nitrogens with one attached hydrogen (secondary N) is 1. The van der Waals surface area contributed by atoms with E-state index in [4.69, 9.17) is 0 Å². The van der Waals surface area contributed by atoms with Gasteiger partial charge < -0.3 is 15.1 Å². The maximum atomic E-state index is 11.5. The molecule has 2 unspecified atom stereocenters. The molecule has 1 aliphatic rings. The highest BCUT2D eigenvalue weighted by Crippen LogP contribution is 2.19. The smallest absolute Gasteiger partial charge is 0.236 e. The van der Waals surface area contributed by atoms with E-state index in [2.05, 4.69) is 24.1 Å². The monoisotopic (exact) mass is 255 g/mol. The zero-order chi connectivity index (χ0) is 13.5. The van der Waals surface area contributed by atoms with Gasteiger partial charge in [0.05, 0.1) is 6.54 Å². The average molecular weight is 255 g/mol. The molecule has 0 aromatic rings. The van der Waals surface area contributed by atoms with Gasteiger partial charge in [0, 0.05) is 26.7 Å². The van der Waals surface area contributed by atoms with Crippen LogP contribution in [0.1, 0.15) is 33.1 Å². The number of amides is 1. The summed E-state index contributed by atoms with van der Waals surface area (Å²) < 4.78 is 0. The average Bonchev–Trinajstić information content (AvgIpc) is 2.36. The Morgan fingerprint density at radius 2 is 2.22 bits per heavy atom. The van der Waals surface area contributed by atoms with Gasteiger partial charge in [-0.25, -0.2) is 0 Å². The first-order valence-corrected chi connectivity index (χ1v) is 7.20. The van der Waals surface area contributed by atoms with E-state index in [1.807, 2.05) is 0 Å². The van der Waals surface area contributed by atoms with E-state index in [9.17, 15) is 4.79 Å². The maximum absolute atomic E-state index is 11.5. The van der Waals surface area contributed by atoms with Gasteiger partial charge in [-0.15, -0.1) is 0 Å². The Morgan fingerprint density at radius 3 is 2.83 bits per heavy atom. The Labute approximate surface area is 112 Å². The molecule has 0 saturated carbocycles. The summed E-state index contributed by atoms with van der Waals surface area (Å²) in [4.78, 5) is 15.7. The van der Waals surface area contributed by atoms with Crippen LogP contribution < -0.4 is 5.32 Å². The summed E-state index contributed by atoms with van der Waals surface area (Å²) in [5.41, 5.74) is 0. The molecule has 106 valence electrons. The molecule has 2 atom stereocenters. The second-order valence-electron chi connectivity index (χ2n) is 5.66. The largest absolute Gasteiger partial charge is 0.348 e. The molecular weight excluding hydrogens is 226 g/mol. The molecule has 1 fully saturated rings. The molecule has 0 aliphatic carbocycles. The third-order valence-electron chi connectivity index (χ3n) is 3.86. The highest BCUT2D eigenvalue weighted by Gasteiger charge is 2.24. The number of hydrogen-bond acceptors (Lipinski definition) is 3. The molecule has 18 heavy (non-hydrogen) atoms. The van der Waals surface area contributed by atoms with Crippen molar-refractivity contribution >= 4 is 5.91 Å². The Hall–Kier alpha value is -0.610. The predicted molar refractivity (Wildman–Crippen MR) is 75.6 cm³/mol. The summed E-state index contributed by atoms with van der Waals surface area (Å²) in [5, 5.41) is 3.38. The third-order valence-corrected chi connectivity index (χ3v) is 3.86. The Kier molecular flexibility index (Phi) is 6.65. The first kappa shape index (κ1) is 15.4. The lowest BCUT2D eigenvalue weighted by atomic mass is 9.91. The Balaban J connectivity index is 2.32. The molecule has 0 aromatic carbocycles. The van der Waals surface area contributed by atoms with Crippen molar-refractivity contribution in [2.45, 2.75) is 39.2 Å². The van der Waals surface area contributed by atoms with Gasteiger partial charge in [-0.2, -0.15) is 0 Å². The van der Waals surface area contributed by atoms with Crippen LogP contribution in [0.15, 0.2) is 0 Å². The Bertz CT molecular complexity index is 253. The molecule has 0 aromatic heterocycles. The molecular formula is C14H29N3O. The molecule has 1 aliphatic heterocycles. The van der Waals surface area contributed by atoms with Crippen LogP contribution in [0, 0.1) is 5.92 Å². The fourth-order valence-corrected chi connectivity index (χ4v) is 2.59. The summed E-state index contributed by atoms with van der Waals surface area (Å²) >= 11 is 0. The van der Waals surface area contributed by atoms with Crippen LogP contribution in [0.4, 0.5) is 0 Å². The van der Waals surface area contributed by atoms with Gasteiger partial charge in [-0.1, -0.05) is 6.92 Å². The molecule has 1 saturated heterocycles. The highest BCUT2D eigenvalue weighted by molar-refractivity contribution is 5.77. The van der Waals surface area contributed by atoms with Crippen molar-refractivity contribution in [1.82, 2.24) is 15.1 Å². The normalized spacial score (nSPS) is 22.8. The minimum absolute atomic E-state index is 0.156. The van der Waals surface area contributed by atoms with Gasteiger partial charge in [0.15, 0.2) is 0 Å². The molecule has 0 radical (unpaired) electrons. The number of likely N-dealkylation sites (N-methyl/N-ethyl adjacent to an activating group) is 1.